The summed E-state index contributed by atoms with van der Waals surface area (Å²) < 4.78 is 43.1. The zero-order chi connectivity index (χ0) is 10.1. The summed E-state index contributed by atoms with van der Waals surface area (Å²) in [4.78, 5) is 0. The van der Waals surface area contributed by atoms with E-state index in [0.29, 0.717) is 13.1 Å². The van der Waals surface area contributed by atoms with Crippen LogP contribution in [0.5, 0.6) is 5.75 Å². The predicted molar refractivity (Wildman–Crippen MR) is 43.6 cm³/mol. The van der Waals surface area contributed by atoms with Crippen LogP contribution in [0.25, 0.3) is 0 Å². The first-order valence-electron chi connectivity index (χ1n) is 4.19. The van der Waals surface area contributed by atoms with Crippen LogP contribution in [-0.2, 0) is 0 Å². The molecule has 0 spiro atoms. The van der Waals surface area contributed by atoms with Crippen molar-refractivity contribution in [3.63, 3.8) is 0 Å². The van der Waals surface area contributed by atoms with Gasteiger partial charge < -0.3 is 10.1 Å². The van der Waals surface area contributed by atoms with Gasteiger partial charge in [0.2, 0.25) is 0 Å². The maximum atomic E-state index is 12.7. The summed E-state index contributed by atoms with van der Waals surface area (Å²) in [5.74, 6) is -3.91. The average Bonchev–Trinajstić information content (AvgIpc) is 2.07. The largest absolute Gasteiger partial charge is 0.488 e. The summed E-state index contributed by atoms with van der Waals surface area (Å²) in [6.07, 6.45) is -0.0840. The van der Waals surface area contributed by atoms with Crippen LogP contribution in [0.1, 0.15) is 0 Å². The molecule has 2 rings (SSSR count). The quantitative estimate of drug-likeness (QED) is 0.734. The monoisotopic (exact) mass is 203 g/mol. The number of nitrogens with one attached hydrogen (secondary N) is 1. The lowest BCUT2D eigenvalue weighted by atomic mass is 10.2. The number of benzene rings is 1. The summed E-state index contributed by atoms with van der Waals surface area (Å²) in [7, 11) is 0. The molecule has 0 aliphatic carbocycles. The highest BCUT2D eigenvalue weighted by Crippen LogP contribution is 2.20. The maximum absolute atomic E-state index is 12.7. The molecule has 0 aromatic heterocycles. The van der Waals surface area contributed by atoms with Gasteiger partial charge in [-0.05, 0) is 0 Å². The molecule has 5 heteroatoms. The van der Waals surface area contributed by atoms with E-state index in [9.17, 15) is 13.2 Å². The third-order valence-corrected chi connectivity index (χ3v) is 2.00. The molecule has 1 N–H and O–H groups in total. The van der Waals surface area contributed by atoms with E-state index in [1.54, 1.807) is 0 Å². The SMILES string of the molecule is Fc1cc(OC2CNC2)cc(F)c1F. The molecule has 1 fully saturated rings. The van der Waals surface area contributed by atoms with Gasteiger partial charge in [-0.25, -0.2) is 13.2 Å². The van der Waals surface area contributed by atoms with Gasteiger partial charge >= 0.3 is 0 Å². The highest BCUT2D eigenvalue weighted by Gasteiger charge is 2.20. The van der Waals surface area contributed by atoms with E-state index in [0.717, 1.165) is 12.1 Å². The van der Waals surface area contributed by atoms with Crippen molar-refractivity contribution in [1.82, 2.24) is 5.32 Å². The van der Waals surface area contributed by atoms with E-state index < -0.39 is 17.5 Å². The molecule has 2 nitrogen and oxygen atoms in total. The Labute approximate surface area is 78.7 Å². The minimum Gasteiger partial charge on any atom is -0.488 e. The van der Waals surface area contributed by atoms with Gasteiger partial charge in [0.15, 0.2) is 17.5 Å². The van der Waals surface area contributed by atoms with Crippen molar-refractivity contribution >= 4 is 0 Å². The Balaban J connectivity index is 2.17. The minimum absolute atomic E-state index is 0.0212. The van der Waals surface area contributed by atoms with E-state index in [1.165, 1.54) is 0 Å². The summed E-state index contributed by atoms with van der Waals surface area (Å²) in [6.45, 7) is 1.28. The molecular formula is C9H8F3NO. The third-order valence-electron chi connectivity index (χ3n) is 2.00. The van der Waals surface area contributed by atoms with Crippen LogP contribution in [0.4, 0.5) is 13.2 Å². The van der Waals surface area contributed by atoms with Crippen LogP contribution in [0, 0.1) is 17.5 Å². The fraction of sp³-hybridized carbons (Fsp3) is 0.333. The Hall–Kier alpha value is -1.23. The molecule has 0 saturated carbocycles. The Bertz CT molecular complexity index is 329. The zero-order valence-electron chi connectivity index (χ0n) is 7.19. The van der Waals surface area contributed by atoms with Crippen LogP contribution in [0.2, 0.25) is 0 Å². The second-order valence-electron chi connectivity index (χ2n) is 3.10. The number of halogens is 3. The van der Waals surface area contributed by atoms with Crippen molar-refractivity contribution in [1.29, 1.82) is 0 Å². The third kappa shape index (κ3) is 1.68. The van der Waals surface area contributed by atoms with Gasteiger partial charge in [-0.2, -0.15) is 0 Å². The van der Waals surface area contributed by atoms with E-state index in [-0.39, 0.29) is 11.9 Å². The molecule has 1 heterocycles. The van der Waals surface area contributed by atoms with Gasteiger partial charge in [-0.3, -0.25) is 0 Å². The van der Waals surface area contributed by atoms with Crippen LogP contribution in [0.3, 0.4) is 0 Å². The normalized spacial score (nSPS) is 16.5. The number of ether oxygens (including phenoxy) is 1. The van der Waals surface area contributed by atoms with Crippen molar-refractivity contribution < 1.29 is 17.9 Å². The maximum Gasteiger partial charge on any atom is 0.194 e. The predicted octanol–water partition coefficient (Wildman–Crippen LogP) is 1.45. The molecule has 1 aliphatic rings. The first-order chi connectivity index (χ1) is 6.66. The molecule has 0 unspecified atom stereocenters. The molecule has 1 aliphatic heterocycles. The lowest BCUT2D eigenvalue weighted by molar-refractivity contribution is 0.141. The van der Waals surface area contributed by atoms with Gasteiger partial charge in [0.1, 0.15) is 11.9 Å². The molecule has 0 bridgehead atoms. The number of hydrogen-bond donors (Lipinski definition) is 1. The van der Waals surface area contributed by atoms with Crippen molar-refractivity contribution in [2.75, 3.05) is 13.1 Å². The summed E-state index contributed by atoms with van der Waals surface area (Å²) in [5, 5.41) is 2.94. The lowest BCUT2D eigenvalue weighted by Gasteiger charge is -2.27. The lowest BCUT2D eigenvalue weighted by Crippen LogP contribution is -2.50. The average molecular weight is 203 g/mol. The Kier molecular flexibility index (Phi) is 2.33. The Morgan fingerprint density at radius 2 is 1.71 bits per heavy atom. The van der Waals surface area contributed by atoms with Gasteiger partial charge in [0, 0.05) is 25.2 Å². The molecular weight excluding hydrogens is 195 g/mol. The fourth-order valence-electron chi connectivity index (χ4n) is 1.14. The molecule has 1 aromatic carbocycles. The zero-order valence-corrected chi connectivity index (χ0v) is 7.19. The standard InChI is InChI=1S/C9H8F3NO/c10-7-1-5(2-8(11)9(7)12)14-6-3-13-4-6/h1-2,6,13H,3-4H2. The fourth-order valence-corrected chi connectivity index (χ4v) is 1.14. The molecule has 0 amide bonds. The van der Waals surface area contributed by atoms with Crippen molar-refractivity contribution in [3.8, 4) is 5.75 Å². The van der Waals surface area contributed by atoms with Crippen LogP contribution >= 0.6 is 0 Å². The van der Waals surface area contributed by atoms with E-state index in [1.807, 2.05) is 0 Å². The highest BCUT2D eigenvalue weighted by atomic mass is 19.2. The summed E-state index contributed by atoms with van der Waals surface area (Å²) in [6, 6.07) is 1.69. The highest BCUT2D eigenvalue weighted by molar-refractivity contribution is 5.25. The Morgan fingerprint density at radius 3 is 2.14 bits per heavy atom. The van der Waals surface area contributed by atoms with Gasteiger partial charge in [-0.1, -0.05) is 0 Å². The van der Waals surface area contributed by atoms with Crippen molar-refractivity contribution in [2.45, 2.75) is 6.10 Å². The van der Waals surface area contributed by atoms with E-state index >= 15 is 0 Å². The topological polar surface area (TPSA) is 21.3 Å². The molecule has 0 radical (unpaired) electrons. The van der Waals surface area contributed by atoms with Crippen LogP contribution < -0.4 is 10.1 Å². The summed E-state index contributed by atoms with van der Waals surface area (Å²) >= 11 is 0. The van der Waals surface area contributed by atoms with Gasteiger partial charge in [0.25, 0.3) is 0 Å². The number of hydrogen-bond acceptors (Lipinski definition) is 2. The second-order valence-corrected chi connectivity index (χ2v) is 3.10. The smallest absolute Gasteiger partial charge is 0.194 e. The van der Waals surface area contributed by atoms with Gasteiger partial charge in [-0.15, -0.1) is 0 Å². The number of rotatable bonds is 2. The van der Waals surface area contributed by atoms with Crippen molar-refractivity contribution in [3.05, 3.63) is 29.6 Å². The first-order valence-corrected chi connectivity index (χ1v) is 4.19. The van der Waals surface area contributed by atoms with Crippen LogP contribution in [-0.4, -0.2) is 19.2 Å². The summed E-state index contributed by atoms with van der Waals surface area (Å²) in [5.41, 5.74) is 0. The van der Waals surface area contributed by atoms with E-state index in [4.69, 9.17) is 4.74 Å². The molecule has 0 atom stereocenters. The molecule has 1 aromatic rings. The van der Waals surface area contributed by atoms with Gasteiger partial charge in [0.05, 0.1) is 0 Å². The first kappa shape index (κ1) is 9.33. The second kappa shape index (κ2) is 3.49. The minimum atomic E-state index is -1.47. The molecule has 14 heavy (non-hydrogen) atoms. The van der Waals surface area contributed by atoms with Crippen molar-refractivity contribution in [2.24, 2.45) is 0 Å². The van der Waals surface area contributed by atoms with E-state index in [2.05, 4.69) is 5.32 Å². The Morgan fingerprint density at radius 1 is 1.14 bits per heavy atom. The van der Waals surface area contributed by atoms with Crippen LogP contribution in [0.15, 0.2) is 12.1 Å². The molecule has 1 saturated heterocycles. The molecule has 76 valence electrons.